The van der Waals surface area contributed by atoms with Gasteiger partial charge in [-0.2, -0.15) is 0 Å². The van der Waals surface area contributed by atoms with Crippen LogP contribution in [0.15, 0.2) is 48.5 Å². The van der Waals surface area contributed by atoms with Gasteiger partial charge in [-0.3, -0.25) is 0 Å². The molecule has 0 aromatic heterocycles. The van der Waals surface area contributed by atoms with E-state index in [2.05, 4.69) is 4.74 Å². The van der Waals surface area contributed by atoms with Gasteiger partial charge in [-0.05, 0) is 18.6 Å². The summed E-state index contributed by atoms with van der Waals surface area (Å²) in [6, 6.07) is 10.9. The zero-order valence-corrected chi connectivity index (χ0v) is 13.3. The molecule has 7 heteroatoms. The molecule has 0 atom stereocenters. The molecule has 0 unspecified atom stereocenters. The lowest BCUT2D eigenvalue weighted by Gasteiger charge is -2.14. The first-order valence-electron chi connectivity index (χ1n) is 7.35. The van der Waals surface area contributed by atoms with Gasteiger partial charge in [0, 0.05) is 11.6 Å². The van der Waals surface area contributed by atoms with Crippen molar-refractivity contribution in [1.29, 1.82) is 0 Å². The number of ether oxygens (including phenoxy) is 3. The molecule has 0 saturated heterocycles. The lowest BCUT2D eigenvalue weighted by Crippen LogP contribution is -2.17. The Morgan fingerprint density at radius 1 is 1.08 bits per heavy atom. The fourth-order valence-electron chi connectivity index (χ4n) is 2.07. The Bertz CT molecular complexity index is 712. The monoisotopic (exact) mass is 356 g/mol. The van der Waals surface area contributed by atoms with Crippen LogP contribution >= 0.6 is 0 Å². The Morgan fingerprint density at radius 2 is 1.80 bits per heavy atom. The Kier molecular flexibility index (Phi) is 6.41. The SMILES string of the molecule is CC=Cc1cc(OC(F)(F)F)cc(F)c1OCOCc1ccccc1. The average Bonchev–Trinajstić information content (AvgIpc) is 2.53. The summed E-state index contributed by atoms with van der Waals surface area (Å²) in [7, 11) is 0. The fraction of sp³-hybridized carbons (Fsp3) is 0.222. The molecule has 0 saturated carbocycles. The standard InChI is InChI=1S/C18H16F4O3/c1-2-6-14-9-15(25-18(20,21)22)10-16(19)17(14)24-12-23-11-13-7-4-3-5-8-13/h2-10H,11-12H2,1H3. The van der Waals surface area contributed by atoms with E-state index in [1.54, 1.807) is 13.0 Å². The highest BCUT2D eigenvalue weighted by Crippen LogP contribution is 2.32. The molecule has 0 aliphatic carbocycles. The topological polar surface area (TPSA) is 27.7 Å². The van der Waals surface area contributed by atoms with E-state index in [9.17, 15) is 17.6 Å². The molecule has 0 N–H and O–H groups in total. The number of hydrogen-bond donors (Lipinski definition) is 0. The minimum Gasteiger partial charge on any atom is -0.464 e. The molecule has 0 bridgehead atoms. The Morgan fingerprint density at radius 3 is 2.44 bits per heavy atom. The fourth-order valence-corrected chi connectivity index (χ4v) is 2.07. The van der Waals surface area contributed by atoms with Crippen LogP contribution in [0.5, 0.6) is 11.5 Å². The van der Waals surface area contributed by atoms with Crippen molar-refractivity contribution in [3.63, 3.8) is 0 Å². The number of halogens is 4. The third kappa shape index (κ3) is 6.11. The molecule has 0 spiro atoms. The van der Waals surface area contributed by atoms with E-state index in [-0.39, 0.29) is 24.7 Å². The number of benzene rings is 2. The van der Waals surface area contributed by atoms with Crippen LogP contribution in [0.4, 0.5) is 17.6 Å². The van der Waals surface area contributed by atoms with Crippen molar-refractivity contribution in [2.24, 2.45) is 0 Å². The molecule has 25 heavy (non-hydrogen) atoms. The molecule has 2 aromatic rings. The summed E-state index contributed by atoms with van der Waals surface area (Å²) in [6.07, 6.45) is -1.94. The minimum absolute atomic E-state index is 0.116. The van der Waals surface area contributed by atoms with Crippen molar-refractivity contribution < 1.29 is 31.8 Å². The summed E-state index contributed by atoms with van der Waals surface area (Å²) >= 11 is 0. The molecule has 3 nitrogen and oxygen atoms in total. The third-order valence-corrected chi connectivity index (χ3v) is 3.02. The molecule has 0 heterocycles. The van der Waals surface area contributed by atoms with Crippen LogP contribution in [0, 0.1) is 5.82 Å². The molecule has 0 aliphatic heterocycles. The first-order valence-corrected chi connectivity index (χ1v) is 7.35. The highest BCUT2D eigenvalue weighted by atomic mass is 19.4. The van der Waals surface area contributed by atoms with Crippen molar-refractivity contribution in [2.45, 2.75) is 19.9 Å². The smallest absolute Gasteiger partial charge is 0.464 e. The van der Waals surface area contributed by atoms with Gasteiger partial charge in [-0.1, -0.05) is 42.5 Å². The van der Waals surface area contributed by atoms with Crippen LogP contribution < -0.4 is 9.47 Å². The first-order chi connectivity index (χ1) is 11.9. The van der Waals surface area contributed by atoms with Gasteiger partial charge in [0.15, 0.2) is 18.4 Å². The van der Waals surface area contributed by atoms with Gasteiger partial charge >= 0.3 is 6.36 Å². The number of alkyl halides is 3. The maximum absolute atomic E-state index is 14.1. The van der Waals surface area contributed by atoms with E-state index >= 15 is 0 Å². The molecule has 0 fully saturated rings. The van der Waals surface area contributed by atoms with E-state index in [0.29, 0.717) is 6.07 Å². The predicted molar refractivity (Wildman–Crippen MR) is 84.5 cm³/mol. The van der Waals surface area contributed by atoms with Crippen LogP contribution in [-0.4, -0.2) is 13.2 Å². The number of allylic oxidation sites excluding steroid dienone is 1. The van der Waals surface area contributed by atoms with Gasteiger partial charge in [0.2, 0.25) is 0 Å². The highest BCUT2D eigenvalue weighted by Gasteiger charge is 2.31. The number of rotatable bonds is 7. The molecule has 0 radical (unpaired) electrons. The van der Waals surface area contributed by atoms with Crippen LogP contribution in [0.3, 0.4) is 0 Å². The summed E-state index contributed by atoms with van der Waals surface area (Å²) in [5, 5.41) is 0. The second-order valence-electron chi connectivity index (χ2n) is 4.97. The van der Waals surface area contributed by atoms with Crippen molar-refractivity contribution in [3.8, 4) is 11.5 Å². The summed E-state index contributed by atoms with van der Waals surface area (Å²) in [5.41, 5.74) is 1.03. The van der Waals surface area contributed by atoms with E-state index in [1.165, 1.54) is 6.08 Å². The zero-order chi connectivity index (χ0) is 18.3. The summed E-state index contributed by atoms with van der Waals surface area (Å²) in [5.74, 6) is -1.84. The molecule has 0 aliphatic rings. The van der Waals surface area contributed by atoms with Gasteiger partial charge < -0.3 is 14.2 Å². The quantitative estimate of drug-likeness (QED) is 0.382. The van der Waals surface area contributed by atoms with E-state index in [4.69, 9.17) is 9.47 Å². The Hall–Kier alpha value is -2.54. The summed E-state index contributed by atoms with van der Waals surface area (Å²) in [6.45, 7) is 1.65. The van der Waals surface area contributed by atoms with Gasteiger partial charge in [0.1, 0.15) is 5.75 Å². The minimum atomic E-state index is -4.90. The maximum Gasteiger partial charge on any atom is 0.573 e. The maximum atomic E-state index is 14.1. The van der Waals surface area contributed by atoms with Crippen LogP contribution in [0.2, 0.25) is 0 Å². The second-order valence-corrected chi connectivity index (χ2v) is 4.97. The largest absolute Gasteiger partial charge is 0.573 e. The van der Waals surface area contributed by atoms with Gasteiger partial charge in [-0.25, -0.2) is 4.39 Å². The lowest BCUT2D eigenvalue weighted by molar-refractivity contribution is -0.274. The Labute approximate surface area is 142 Å². The van der Waals surface area contributed by atoms with Crippen LogP contribution in [-0.2, 0) is 11.3 Å². The van der Waals surface area contributed by atoms with Crippen molar-refractivity contribution in [3.05, 3.63) is 65.5 Å². The average molecular weight is 356 g/mol. The van der Waals surface area contributed by atoms with E-state index < -0.39 is 17.9 Å². The van der Waals surface area contributed by atoms with E-state index in [1.807, 2.05) is 30.3 Å². The first kappa shape index (κ1) is 18.8. The van der Waals surface area contributed by atoms with Crippen molar-refractivity contribution in [2.75, 3.05) is 6.79 Å². The summed E-state index contributed by atoms with van der Waals surface area (Å²) in [4.78, 5) is 0. The number of hydrogen-bond acceptors (Lipinski definition) is 3. The predicted octanol–water partition coefficient (Wildman–Crippen LogP) is 5.31. The molecule has 134 valence electrons. The van der Waals surface area contributed by atoms with Gasteiger partial charge in [0.05, 0.1) is 6.61 Å². The summed E-state index contributed by atoms with van der Waals surface area (Å²) < 4.78 is 65.2. The molecule has 0 amide bonds. The van der Waals surface area contributed by atoms with Gasteiger partial charge in [0.25, 0.3) is 0 Å². The Balaban J connectivity index is 2.05. The molecule has 2 rings (SSSR count). The van der Waals surface area contributed by atoms with Crippen LogP contribution in [0.1, 0.15) is 18.1 Å². The molecular formula is C18H16F4O3. The molecular weight excluding hydrogens is 340 g/mol. The zero-order valence-electron chi connectivity index (χ0n) is 13.3. The molecule has 2 aromatic carbocycles. The highest BCUT2D eigenvalue weighted by molar-refractivity contribution is 5.60. The van der Waals surface area contributed by atoms with E-state index in [0.717, 1.165) is 11.6 Å². The van der Waals surface area contributed by atoms with Crippen molar-refractivity contribution >= 4 is 6.08 Å². The van der Waals surface area contributed by atoms with Gasteiger partial charge in [-0.15, -0.1) is 13.2 Å². The lowest BCUT2D eigenvalue weighted by atomic mass is 10.1. The van der Waals surface area contributed by atoms with Crippen molar-refractivity contribution in [1.82, 2.24) is 0 Å². The third-order valence-electron chi connectivity index (χ3n) is 3.02. The normalized spacial score (nSPS) is 11.7. The van der Waals surface area contributed by atoms with Crippen LogP contribution in [0.25, 0.3) is 6.08 Å². The second kappa shape index (κ2) is 8.53.